The number of hydrogen-bond acceptors (Lipinski definition) is 3. The minimum atomic E-state index is 0.212. The molecule has 1 aromatic heterocycles. The van der Waals surface area contributed by atoms with Gasteiger partial charge in [-0.25, -0.2) is 4.98 Å². The van der Waals surface area contributed by atoms with Crippen molar-refractivity contribution in [3.63, 3.8) is 0 Å². The largest absolute Gasteiger partial charge is 0.437 e. The molecule has 20 heavy (non-hydrogen) atoms. The van der Waals surface area contributed by atoms with Gasteiger partial charge in [-0.2, -0.15) is 0 Å². The van der Waals surface area contributed by atoms with Crippen molar-refractivity contribution in [2.75, 3.05) is 7.05 Å². The van der Waals surface area contributed by atoms with Gasteiger partial charge in [0.15, 0.2) is 0 Å². The molecule has 0 bridgehead atoms. The van der Waals surface area contributed by atoms with Crippen LogP contribution in [-0.4, -0.2) is 12.0 Å². The molecule has 0 amide bonds. The topological polar surface area (TPSA) is 34.2 Å². The van der Waals surface area contributed by atoms with Gasteiger partial charge in [0, 0.05) is 28.8 Å². The quantitative estimate of drug-likeness (QED) is 0.743. The first-order chi connectivity index (χ1) is 9.51. The zero-order valence-corrected chi connectivity index (χ0v) is 14.1. The Hall–Kier alpha value is -0.810. The van der Waals surface area contributed by atoms with Crippen molar-refractivity contribution in [3.05, 3.63) is 50.5 Å². The highest BCUT2D eigenvalue weighted by atomic mass is 79.9. The van der Waals surface area contributed by atoms with Gasteiger partial charge >= 0.3 is 0 Å². The van der Waals surface area contributed by atoms with Crippen molar-refractivity contribution in [2.45, 2.75) is 13.0 Å². The molecule has 2 aromatic rings. The van der Waals surface area contributed by atoms with E-state index in [9.17, 15) is 0 Å². The maximum atomic E-state index is 6.13. The summed E-state index contributed by atoms with van der Waals surface area (Å²) in [6, 6.07) is 7.37. The van der Waals surface area contributed by atoms with Gasteiger partial charge in [-0.3, -0.25) is 0 Å². The van der Waals surface area contributed by atoms with Crippen LogP contribution >= 0.6 is 39.1 Å². The Morgan fingerprint density at radius 1 is 1.25 bits per heavy atom. The van der Waals surface area contributed by atoms with E-state index in [-0.39, 0.29) is 6.04 Å². The molecule has 0 aliphatic carbocycles. The third kappa shape index (κ3) is 3.64. The van der Waals surface area contributed by atoms with Gasteiger partial charge in [0.05, 0.1) is 10.0 Å². The Kier molecular flexibility index (Phi) is 5.27. The Balaban J connectivity index is 2.28. The van der Waals surface area contributed by atoms with Crippen molar-refractivity contribution < 1.29 is 4.74 Å². The van der Waals surface area contributed by atoms with Crippen LogP contribution in [0.1, 0.15) is 18.5 Å². The lowest BCUT2D eigenvalue weighted by molar-refractivity contribution is 0.461. The van der Waals surface area contributed by atoms with E-state index in [1.54, 1.807) is 18.3 Å². The maximum absolute atomic E-state index is 6.13. The SMILES string of the molecule is CNC(C)c1ccnc(Oc2cc(Cl)c(Br)cc2Cl)c1. The first-order valence-electron chi connectivity index (χ1n) is 5.97. The molecule has 0 saturated carbocycles. The second-order valence-corrected chi connectivity index (χ2v) is 5.91. The van der Waals surface area contributed by atoms with E-state index < -0.39 is 0 Å². The predicted octanol–water partition coefficient (Wildman–Crippen LogP) is 5.22. The van der Waals surface area contributed by atoms with E-state index in [4.69, 9.17) is 27.9 Å². The van der Waals surface area contributed by atoms with Gasteiger partial charge in [-0.15, -0.1) is 0 Å². The van der Waals surface area contributed by atoms with Crippen molar-refractivity contribution >= 4 is 39.1 Å². The second kappa shape index (κ2) is 6.76. The van der Waals surface area contributed by atoms with E-state index in [0.717, 1.165) is 10.0 Å². The number of ether oxygens (including phenoxy) is 1. The number of rotatable bonds is 4. The van der Waals surface area contributed by atoms with Crippen molar-refractivity contribution in [1.29, 1.82) is 0 Å². The summed E-state index contributed by atoms with van der Waals surface area (Å²) in [5, 5.41) is 4.16. The first-order valence-corrected chi connectivity index (χ1v) is 7.51. The van der Waals surface area contributed by atoms with Crippen LogP contribution in [0.15, 0.2) is 34.9 Å². The minimum Gasteiger partial charge on any atom is -0.437 e. The Bertz CT molecular complexity index is 622. The van der Waals surface area contributed by atoms with Crippen LogP contribution in [0.5, 0.6) is 11.6 Å². The van der Waals surface area contributed by atoms with Crippen LogP contribution in [0.4, 0.5) is 0 Å². The molecule has 0 saturated heterocycles. The lowest BCUT2D eigenvalue weighted by Crippen LogP contribution is -2.12. The summed E-state index contributed by atoms with van der Waals surface area (Å²) in [5.41, 5.74) is 1.08. The fourth-order valence-corrected chi connectivity index (χ4v) is 2.44. The molecule has 2 rings (SSSR count). The maximum Gasteiger partial charge on any atom is 0.219 e. The van der Waals surface area contributed by atoms with Gasteiger partial charge in [-0.05, 0) is 47.6 Å². The number of hydrogen-bond donors (Lipinski definition) is 1. The standard InChI is InChI=1S/C14H13BrCl2N2O/c1-8(18-2)9-3-4-19-14(5-9)20-13-7-11(16)10(15)6-12(13)17/h3-8,18H,1-2H3. The molecule has 0 fully saturated rings. The zero-order chi connectivity index (χ0) is 14.7. The second-order valence-electron chi connectivity index (χ2n) is 4.24. The molecule has 106 valence electrons. The predicted molar refractivity (Wildman–Crippen MR) is 85.9 cm³/mol. The molecule has 1 unspecified atom stereocenters. The Morgan fingerprint density at radius 2 is 2.00 bits per heavy atom. The molecule has 0 spiro atoms. The molecule has 3 nitrogen and oxygen atoms in total. The molecular formula is C14H13BrCl2N2O. The van der Waals surface area contributed by atoms with Crippen LogP contribution in [0.25, 0.3) is 0 Å². The fraction of sp³-hybridized carbons (Fsp3) is 0.214. The Morgan fingerprint density at radius 3 is 2.70 bits per heavy atom. The van der Waals surface area contributed by atoms with Gasteiger partial charge in [0.1, 0.15) is 5.75 Å². The first kappa shape index (κ1) is 15.6. The van der Waals surface area contributed by atoms with Crippen LogP contribution < -0.4 is 10.1 Å². The van der Waals surface area contributed by atoms with Crippen molar-refractivity contribution in [2.24, 2.45) is 0 Å². The van der Waals surface area contributed by atoms with E-state index >= 15 is 0 Å². The Labute approximate surface area is 136 Å². The molecule has 1 heterocycles. The number of aromatic nitrogens is 1. The summed E-state index contributed by atoms with van der Waals surface area (Å²) >= 11 is 15.5. The number of halogens is 3. The molecule has 1 N–H and O–H groups in total. The summed E-state index contributed by atoms with van der Waals surface area (Å²) in [7, 11) is 1.90. The molecular weight excluding hydrogens is 363 g/mol. The van der Waals surface area contributed by atoms with Crippen LogP contribution in [0, 0.1) is 0 Å². The highest BCUT2D eigenvalue weighted by Crippen LogP contribution is 2.36. The average molecular weight is 376 g/mol. The lowest BCUT2D eigenvalue weighted by atomic mass is 10.1. The van der Waals surface area contributed by atoms with Crippen LogP contribution in [-0.2, 0) is 0 Å². The number of benzene rings is 1. The normalized spacial score (nSPS) is 12.2. The summed E-state index contributed by atoms with van der Waals surface area (Å²) in [4.78, 5) is 4.18. The smallest absolute Gasteiger partial charge is 0.219 e. The summed E-state index contributed by atoms with van der Waals surface area (Å²) in [6.45, 7) is 2.06. The van der Waals surface area contributed by atoms with Gasteiger partial charge in [0.2, 0.25) is 5.88 Å². The number of nitrogens with zero attached hydrogens (tertiary/aromatic N) is 1. The third-order valence-electron chi connectivity index (χ3n) is 2.88. The number of nitrogens with one attached hydrogen (secondary N) is 1. The minimum absolute atomic E-state index is 0.212. The fourth-order valence-electron chi connectivity index (χ4n) is 1.61. The van der Waals surface area contributed by atoms with E-state index in [2.05, 4.69) is 33.2 Å². The monoisotopic (exact) mass is 374 g/mol. The van der Waals surface area contributed by atoms with E-state index in [1.165, 1.54) is 0 Å². The van der Waals surface area contributed by atoms with Gasteiger partial charge in [0.25, 0.3) is 0 Å². The molecule has 6 heteroatoms. The zero-order valence-electron chi connectivity index (χ0n) is 11.0. The lowest BCUT2D eigenvalue weighted by Gasteiger charge is -2.12. The van der Waals surface area contributed by atoms with Gasteiger partial charge in [-0.1, -0.05) is 23.2 Å². The highest BCUT2D eigenvalue weighted by Gasteiger charge is 2.10. The molecule has 0 aliphatic rings. The highest BCUT2D eigenvalue weighted by molar-refractivity contribution is 9.10. The van der Waals surface area contributed by atoms with E-state index in [0.29, 0.717) is 21.7 Å². The summed E-state index contributed by atoms with van der Waals surface area (Å²) in [5.74, 6) is 0.950. The molecule has 0 radical (unpaired) electrons. The summed E-state index contributed by atoms with van der Waals surface area (Å²) < 4.78 is 6.43. The van der Waals surface area contributed by atoms with Gasteiger partial charge < -0.3 is 10.1 Å². The third-order valence-corrected chi connectivity index (χ3v) is 4.37. The summed E-state index contributed by atoms with van der Waals surface area (Å²) in [6.07, 6.45) is 1.70. The van der Waals surface area contributed by atoms with Crippen LogP contribution in [0.3, 0.4) is 0 Å². The van der Waals surface area contributed by atoms with Crippen LogP contribution in [0.2, 0.25) is 10.0 Å². The molecule has 1 aromatic carbocycles. The van der Waals surface area contributed by atoms with E-state index in [1.807, 2.05) is 19.2 Å². The average Bonchev–Trinajstić information content (AvgIpc) is 2.44. The molecule has 0 aliphatic heterocycles. The number of pyridine rings is 1. The van der Waals surface area contributed by atoms with Crippen molar-refractivity contribution in [3.8, 4) is 11.6 Å². The van der Waals surface area contributed by atoms with Crippen molar-refractivity contribution in [1.82, 2.24) is 10.3 Å². The molecule has 1 atom stereocenters.